The molecular weight excluding hydrogens is 330 g/mol. The van der Waals surface area contributed by atoms with Gasteiger partial charge in [0.2, 0.25) is 0 Å². The van der Waals surface area contributed by atoms with Crippen molar-refractivity contribution < 1.29 is 9.90 Å². The maximum atomic E-state index is 12.7. The van der Waals surface area contributed by atoms with Crippen LogP contribution in [0, 0.1) is 0 Å². The molecule has 0 aliphatic carbocycles. The SMILES string of the molecule is O=C(O)Cn1ccnc(N2Cc3ccccc3-c3ccccc3C2)c1=O. The van der Waals surface area contributed by atoms with Crippen LogP contribution < -0.4 is 10.5 Å². The van der Waals surface area contributed by atoms with Gasteiger partial charge in [-0.05, 0) is 22.3 Å². The topological polar surface area (TPSA) is 75.4 Å². The molecule has 0 fully saturated rings. The molecule has 26 heavy (non-hydrogen) atoms. The quantitative estimate of drug-likeness (QED) is 0.788. The van der Waals surface area contributed by atoms with Gasteiger partial charge < -0.3 is 10.0 Å². The number of carboxylic acid groups (broad SMARTS) is 1. The van der Waals surface area contributed by atoms with Gasteiger partial charge in [0.25, 0.3) is 5.56 Å². The molecule has 1 aliphatic rings. The van der Waals surface area contributed by atoms with Gasteiger partial charge in [0.15, 0.2) is 5.82 Å². The van der Waals surface area contributed by atoms with Gasteiger partial charge in [-0.25, -0.2) is 4.98 Å². The Balaban J connectivity index is 1.83. The summed E-state index contributed by atoms with van der Waals surface area (Å²) >= 11 is 0. The van der Waals surface area contributed by atoms with Gasteiger partial charge in [-0.15, -0.1) is 0 Å². The predicted octanol–water partition coefficient (Wildman–Crippen LogP) is 2.52. The molecule has 2 aromatic carbocycles. The van der Waals surface area contributed by atoms with E-state index in [0.717, 1.165) is 22.3 Å². The van der Waals surface area contributed by atoms with Crippen LogP contribution in [0.3, 0.4) is 0 Å². The lowest BCUT2D eigenvalue weighted by Gasteiger charge is -2.22. The van der Waals surface area contributed by atoms with Crippen LogP contribution in [0.1, 0.15) is 11.1 Å². The highest BCUT2D eigenvalue weighted by molar-refractivity contribution is 5.73. The number of carbonyl (C=O) groups is 1. The molecule has 4 rings (SSSR count). The zero-order valence-electron chi connectivity index (χ0n) is 14.0. The third-order valence-electron chi connectivity index (χ3n) is 4.55. The van der Waals surface area contributed by atoms with Gasteiger partial charge in [0, 0.05) is 25.5 Å². The van der Waals surface area contributed by atoms with Crippen LogP contribution in [-0.2, 0) is 24.4 Å². The fraction of sp³-hybridized carbons (Fsp3) is 0.150. The van der Waals surface area contributed by atoms with Crippen LogP contribution in [0.15, 0.2) is 65.7 Å². The highest BCUT2D eigenvalue weighted by Gasteiger charge is 2.22. The fourth-order valence-electron chi connectivity index (χ4n) is 3.38. The van der Waals surface area contributed by atoms with Gasteiger partial charge in [0.05, 0.1) is 0 Å². The van der Waals surface area contributed by atoms with Crippen molar-refractivity contribution in [3.05, 3.63) is 82.4 Å². The summed E-state index contributed by atoms with van der Waals surface area (Å²) in [7, 11) is 0. The van der Waals surface area contributed by atoms with Crippen LogP contribution >= 0.6 is 0 Å². The summed E-state index contributed by atoms with van der Waals surface area (Å²) in [5.74, 6) is -0.795. The van der Waals surface area contributed by atoms with Crippen LogP contribution in [0.25, 0.3) is 11.1 Å². The highest BCUT2D eigenvalue weighted by Crippen LogP contribution is 2.33. The summed E-state index contributed by atoms with van der Waals surface area (Å²) in [5, 5.41) is 9.00. The molecule has 3 aromatic rings. The van der Waals surface area contributed by atoms with Crippen LogP contribution in [0.2, 0.25) is 0 Å². The van der Waals surface area contributed by atoms with E-state index in [4.69, 9.17) is 5.11 Å². The Morgan fingerprint density at radius 1 is 1.00 bits per heavy atom. The molecule has 0 radical (unpaired) electrons. The Hall–Kier alpha value is -3.41. The Bertz CT molecular complexity index is 995. The Labute approximate surface area is 150 Å². The second kappa shape index (κ2) is 6.48. The van der Waals surface area contributed by atoms with Gasteiger partial charge in [0.1, 0.15) is 6.54 Å². The van der Waals surface area contributed by atoms with Gasteiger partial charge >= 0.3 is 5.97 Å². The summed E-state index contributed by atoms with van der Waals surface area (Å²) in [6.07, 6.45) is 2.88. The molecule has 1 aliphatic heterocycles. The normalized spacial score (nSPS) is 12.8. The molecule has 0 unspecified atom stereocenters. The number of hydrogen-bond acceptors (Lipinski definition) is 4. The molecule has 130 valence electrons. The van der Waals surface area contributed by atoms with Crippen molar-refractivity contribution in [1.82, 2.24) is 9.55 Å². The summed E-state index contributed by atoms with van der Waals surface area (Å²) in [6.45, 7) is 0.684. The lowest BCUT2D eigenvalue weighted by atomic mass is 9.97. The number of carboxylic acids is 1. The summed E-state index contributed by atoms with van der Waals surface area (Å²) < 4.78 is 1.17. The predicted molar refractivity (Wildman–Crippen MR) is 97.9 cm³/mol. The molecule has 0 saturated heterocycles. The summed E-state index contributed by atoms with van der Waals surface area (Å²) in [5.41, 5.74) is 4.10. The average Bonchev–Trinajstić information content (AvgIpc) is 2.80. The van der Waals surface area contributed by atoms with Gasteiger partial charge in [-0.2, -0.15) is 0 Å². The zero-order valence-corrected chi connectivity index (χ0v) is 14.0. The van der Waals surface area contributed by atoms with Crippen molar-refractivity contribution in [2.45, 2.75) is 19.6 Å². The molecule has 0 amide bonds. The van der Waals surface area contributed by atoms with Crippen molar-refractivity contribution in [1.29, 1.82) is 0 Å². The van der Waals surface area contributed by atoms with Crippen molar-refractivity contribution in [3.8, 4) is 11.1 Å². The minimum atomic E-state index is -1.06. The number of rotatable bonds is 3. The highest BCUT2D eigenvalue weighted by atomic mass is 16.4. The molecule has 2 heterocycles. The van der Waals surface area contributed by atoms with Crippen molar-refractivity contribution in [2.75, 3.05) is 4.90 Å². The minimum absolute atomic E-state index is 0.264. The van der Waals surface area contributed by atoms with E-state index < -0.39 is 11.5 Å². The number of fused-ring (bicyclic) bond motifs is 3. The van der Waals surface area contributed by atoms with E-state index in [-0.39, 0.29) is 12.4 Å². The Morgan fingerprint density at radius 3 is 2.15 bits per heavy atom. The average molecular weight is 347 g/mol. The monoisotopic (exact) mass is 347 g/mol. The van der Waals surface area contributed by atoms with E-state index in [1.807, 2.05) is 41.3 Å². The number of anilines is 1. The van der Waals surface area contributed by atoms with E-state index in [2.05, 4.69) is 17.1 Å². The van der Waals surface area contributed by atoms with Crippen molar-refractivity contribution in [2.24, 2.45) is 0 Å². The molecule has 0 atom stereocenters. The molecular formula is C20H17N3O3. The van der Waals surface area contributed by atoms with E-state index in [1.54, 1.807) is 0 Å². The third-order valence-corrected chi connectivity index (χ3v) is 4.55. The largest absolute Gasteiger partial charge is 0.480 e. The Morgan fingerprint density at radius 2 is 1.58 bits per heavy atom. The van der Waals surface area contributed by atoms with Crippen LogP contribution in [0.5, 0.6) is 0 Å². The van der Waals surface area contributed by atoms with Crippen LogP contribution in [-0.4, -0.2) is 20.6 Å². The van der Waals surface area contributed by atoms with Gasteiger partial charge in [-0.1, -0.05) is 48.5 Å². The van der Waals surface area contributed by atoms with E-state index in [0.29, 0.717) is 13.1 Å². The molecule has 0 spiro atoms. The molecule has 0 saturated carbocycles. The van der Waals surface area contributed by atoms with E-state index in [1.165, 1.54) is 17.0 Å². The standard InChI is InChI=1S/C20H17N3O3/c24-18(25)13-22-10-9-21-19(20(22)26)23-11-14-5-1-3-7-16(14)17-8-4-2-6-15(17)12-23/h1-10H,11-13H2,(H,24,25). The molecule has 0 bridgehead atoms. The summed E-state index contributed by atoms with van der Waals surface area (Å²) in [6, 6.07) is 16.2. The van der Waals surface area contributed by atoms with E-state index >= 15 is 0 Å². The first-order valence-corrected chi connectivity index (χ1v) is 8.32. The number of aliphatic carboxylic acids is 1. The maximum absolute atomic E-state index is 12.7. The lowest BCUT2D eigenvalue weighted by Crippen LogP contribution is -2.33. The van der Waals surface area contributed by atoms with Crippen LogP contribution in [0.4, 0.5) is 5.82 Å². The second-order valence-electron chi connectivity index (χ2n) is 6.25. The first-order chi connectivity index (χ1) is 12.6. The smallest absolute Gasteiger partial charge is 0.323 e. The number of hydrogen-bond donors (Lipinski definition) is 1. The third kappa shape index (κ3) is 2.86. The van der Waals surface area contributed by atoms with Crippen molar-refractivity contribution >= 4 is 11.8 Å². The first-order valence-electron chi connectivity index (χ1n) is 8.32. The fourth-order valence-corrected chi connectivity index (χ4v) is 3.38. The molecule has 6 nitrogen and oxygen atoms in total. The summed E-state index contributed by atoms with van der Waals surface area (Å²) in [4.78, 5) is 29.9. The Kier molecular flexibility index (Phi) is 4.01. The van der Waals surface area contributed by atoms with Crippen molar-refractivity contribution in [3.63, 3.8) is 0 Å². The second-order valence-corrected chi connectivity index (χ2v) is 6.25. The lowest BCUT2D eigenvalue weighted by molar-refractivity contribution is -0.137. The molecule has 1 aromatic heterocycles. The first kappa shape index (κ1) is 16.1. The zero-order chi connectivity index (χ0) is 18.1. The van der Waals surface area contributed by atoms with E-state index in [9.17, 15) is 9.59 Å². The van der Waals surface area contributed by atoms with Gasteiger partial charge in [-0.3, -0.25) is 14.2 Å². The molecule has 1 N–H and O–H groups in total. The number of nitrogens with zero attached hydrogens (tertiary/aromatic N) is 3. The minimum Gasteiger partial charge on any atom is -0.480 e. The maximum Gasteiger partial charge on any atom is 0.323 e. The molecule has 6 heteroatoms. The number of aromatic nitrogens is 2. The number of benzene rings is 2.